The summed E-state index contributed by atoms with van der Waals surface area (Å²) in [5.41, 5.74) is 3.86. The van der Waals surface area contributed by atoms with Gasteiger partial charge in [0.2, 0.25) is 0 Å². The molecule has 1 heterocycles. The minimum atomic E-state index is -4.39. The number of allylic oxidation sites excluding steroid dienone is 1. The molecule has 0 N–H and O–H groups in total. The molecular formula is C25H16F3NO. The summed E-state index contributed by atoms with van der Waals surface area (Å²) in [4.78, 5) is 17.5. The summed E-state index contributed by atoms with van der Waals surface area (Å²) in [6.07, 6.45) is -1.05. The van der Waals surface area contributed by atoms with Crippen LogP contribution in [-0.4, -0.2) is 11.5 Å². The average Bonchev–Trinajstić information content (AvgIpc) is 3.07. The Morgan fingerprint density at radius 2 is 1.57 bits per heavy atom. The zero-order valence-electron chi connectivity index (χ0n) is 16.0. The second kappa shape index (κ2) is 6.26. The largest absolute Gasteiger partial charge is 0.416 e. The molecule has 0 aromatic heterocycles. The maximum atomic E-state index is 13.0. The van der Waals surface area contributed by atoms with Crippen molar-refractivity contribution in [3.8, 4) is 0 Å². The first-order valence-electron chi connectivity index (χ1n) is 9.52. The lowest BCUT2D eigenvalue weighted by molar-refractivity contribution is -0.137. The molecule has 1 spiro atoms. The lowest BCUT2D eigenvalue weighted by Crippen LogP contribution is -2.28. The topological polar surface area (TPSA) is 29.4 Å². The third kappa shape index (κ3) is 2.58. The molecule has 2 nitrogen and oxygen atoms in total. The fourth-order valence-corrected chi connectivity index (χ4v) is 4.42. The molecule has 0 amide bonds. The van der Waals surface area contributed by atoms with E-state index in [1.165, 1.54) is 18.2 Å². The quantitative estimate of drug-likeness (QED) is 0.500. The molecule has 5 heteroatoms. The third-order valence-electron chi connectivity index (χ3n) is 5.76. The van der Waals surface area contributed by atoms with Gasteiger partial charge in [-0.05, 0) is 42.3 Å². The number of hydrogen-bond donors (Lipinski definition) is 0. The summed E-state index contributed by atoms with van der Waals surface area (Å²) in [6.45, 7) is 1.98. The van der Waals surface area contributed by atoms with E-state index in [2.05, 4.69) is 0 Å². The van der Waals surface area contributed by atoms with Crippen LogP contribution in [0.1, 0.15) is 43.7 Å². The summed E-state index contributed by atoms with van der Waals surface area (Å²) in [5, 5.41) is 0. The van der Waals surface area contributed by atoms with Crippen LogP contribution in [0, 0.1) is 6.92 Å². The van der Waals surface area contributed by atoms with E-state index in [1.54, 1.807) is 12.1 Å². The lowest BCUT2D eigenvalue weighted by Gasteiger charge is -2.30. The van der Waals surface area contributed by atoms with Crippen LogP contribution in [0.3, 0.4) is 0 Å². The van der Waals surface area contributed by atoms with Crippen LogP contribution in [0.15, 0.2) is 83.9 Å². The summed E-state index contributed by atoms with van der Waals surface area (Å²) < 4.78 is 39.0. The van der Waals surface area contributed by atoms with E-state index in [4.69, 9.17) is 4.99 Å². The molecule has 1 atom stereocenters. The van der Waals surface area contributed by atoms with E-state index in [9.17, 15) is 18.0 Å². The molecule has 5 rings (SSSR count). The van der Waals surface area contributed by atoms with Gasteiger partial charge >= 0.3 is 6.18 Å². The minimum Gasteiger partial charge on any atom is -0.289 e. The number of halogens is 3. The second-order valence-corrected chi connectivity index (χ2v) is 7.54. The van der Waals surface area contributed by atoms with E-state index in [-0.39, 0.29) is 5.78 Å². The normalized spacial score (nSPS) is 19.6. The smallest absolute Gasteiger partial charge is 0.289 e. The SMILES string of the molecule is Cc1cccc2c1C1(C=CC(=O)c3ccccc31)N=C2c1ccc(C(F)(F)F)cc1. The van der Waals surface area contributed by atoms with Crippen molar-refractivity contribution in [1.82, 2.24) is 0 Å². The van der Waals surface area contributed by atoms with Crippen LogP contribution < -0.4 is 0 Å². The molecule has 1 aliphatic carbocycles. The van der Waals surface area contributed by atoms with Crippen LogP contribution >= 0.6 is 0 Å². The first kappa shape index (κ1) is 18.6. The number of aliphatic imine (C=N–C) groups is 1. The number of rotatable bonds is 1. The van der Waals surface area contributed by atoms with Gasteiger partial charge in [-0.15, -0.1) is 0 Å². The number of hydrogen-bond acceptors (Lipinski definition) is 2. The highest BCUT2D eigenvalue weighted by molar-refractivity contribution is 6.17. The number of aryl methyl sites for hydroxylation is 1. The van der Waals surface area contributed by atoms with Gasteiger partial charge < -0.3 is 0 Å². The average molecular weight is 403 g/mol. The van der Waals surface area contributed by atoms with Crippen molar-refractivity contribution in [3.63, 3.8) is 0 Å². The number of ketones is 1. The first-order chi connectivity index (χ1) is 14.3. The fraction of sp³-hybridized carbons (Fsp3) is 0.120. The number of carbonyl (C=O) groups excluding carboxylic acids is 1. The van der Waals surface area contributed by atoms with Gasteiger partial charge in [0, 0.05) is 22.3 Å². The Labute approximate surface area is 171 Å². The van der Waals surface area contributed by atoms with E-state index in [0.29, 0.717) is 16.8 Å². The van der Waals surface area contributed by atoms with Crippen LogP contribution in [-0.2, 0) is 11.7 Å². The number of nitrogens with zero attached hydrogens (tertiary/aromatic N) is 1. The number of alkyl halides is 3. The highest BCUT2D eigenvalue weighted by Gasteiger charge is 2.44. The van der Waals surface area contributed by atoms with Gasteiger partial charge in [0.05, 0.1) is 11.3 Å². The van der Waals surface area contributed by atoms with Gasteiger partial charge in [-0.1, -0.05) is 54.6 Å². The maximum absolute atomic E-state index is 13.0. The van der Waals surface area contributed by atoms with Crippen molar-refractivity contribution in [2.75, 3.05) is 0 Å². The molecule has 0 radical (unpaired) electrons. The lowest BCUT2D eigenvalue weighted by atomic mass is 9.75. The van der Waals surface area contributed by atoms with Crippen LogP contribution in [0.25, 0.3) is 0 Å². The Balaban J connectivity index is 1.77. The molecule has 3 aromatic rings. The van der Waals surface area contributed by atoms with E-state index in [0.717, 1.165) is 34.4 Å². The zero-order valence-corrected chi connectivity index (χ0v) is 16.0. The highest BCUT2D eigenvalue weighted by atomic mass is 19.4. The van der Waals surface area contributed by atoms with E-state index >= 15 is 0 Å². The molecule has 148 valence electrons. The molecule has 1 unspecified atom stereocenters. The minimum absolute atomic E-state index is 0.0791. The van der Waals surface area contributed by atoms with Crippen molar-refractivity contribution in [1.29, 1.82) is 0 Å². The molecule has 3 aromatic carbocycles. The Morgan fingerprint density at radius 1 is 0.867 bits per heavy atom. The van der Waals surface area contributed by atoms with Crippen molar-refractivity contribution in [2.24, 2.45) is 4.99 Å². The number of carbonyl (C=O) groups is 1. The standard InChI is InChI=1S/C25H16F3NO/c1-15-5-4-7-19-22(15)24(14-13-21(30)18-6-2-3-8-20(18)24)29-23(19)16-9-11-17(12-10-16)25(26,27)28/h2-14H,1H3. The second-order valence-electron chi connectivity index (χ2n) is 7.54. The highest BCUT2D eigenvalue weighted by Crippen LogP contribution is 2.48. The molecular weight excluding hydrogens is 387 g/mol. The Morgan fingerprint density at radius 3 is 2.30 bits per heavy atom. The summed E-state index contributed by atoms with van der Waals surface area (Å²) >= 11 is 0. The van der Waals surface area contributed by atoms with Crippen molar-refractivity contribution in [3.05, 3.63) is 118 Å². The Bertz CT molecular complexity index is 1250. The predicted molar refractivity (Wildman–Crippen MR) is 109 cm³/mol. The summed E-state index contributed by atoms with van der Waals surface area (Å²) in [5.74, 6) is -0.0791. The molecule has 0 bridgehead atoms. The van der Waals surface area contributed by atoms with Crippen molar-refractivity contribution < 1.29 is 18.0 Å². The van der Waals surface area contributed by atoms with Gasteiger partial charge in [-0.2, -0.15) is 13.2 Å². The Kier molecular flexibility index (Phi) is 3.87. The van der Waals surface area contributed by atoms with Gasteiger partial charge in [-0.3, -0.25) is 9.79 Å². The van der Waals surface area contributed by atoms with E-state index in [1.807, 2.05) is 43.3 Å². The maximum Gasteiger partial charge on any atom is 0.416 e. The van der Waals surface area contributed by atoms with Crippen LogP contribution in [0.5, 0.6) is 0 Å². The van der Waals surface area contributed by atoms with Crippen molar-refractivity contribution >= 4 is 11.5 Å². The van der Waals surface area contributed by atoms with Gasteiger partial charge in [0.1, 0.15) is 5.54 Å². The molecule has 0 fully saturated rings. The molecule has 0 saturated heterocycles. The van der Waals surface area contributed by atoms with Gasteiger partial charge in [0.25, 0.3) is 0 Å². The first-order valence-corrected chi connectivity index (χ1v) is 9.52. The molecule has 1 aliphatic heterocycles. The van der Waals surface area contributed by atoms with Gasteiger partial charge in [0.15, 0.2) is 5.78 Å². The third-order valence-corrected chi connectivity index (χ3v) is 5.76. The predicted octanol–water partition coefficient (Wildman–Crippen LogP) is 5.86. The monoisotopic (exact) mass is 403 g/mol. The summed E-state index contributed by atoms with van der Waals surface area (Å²) in [7, 11) is 0. The molecule has 30 heavy (non-hydrogen) atoms. The summed E-state index contributed by atoms with van der Waals surface area (Å²) in [6, 6.07) is 18.3. The Hall–Kier alpha value is -3.47. The zero-order chi connectivity index (χ0) is 21.1. The number of benzene rings is 3. The molecule has 0 saturated carbocycles. The number of fused-ring (bicyclic) bond motifs is 4. The van der Waals surface area contributed by atoms with Crippen LogP contribution in [0.4, 0.5) is 13.2 Å². The fourth-order valence-electron chi connectivity index (χ4n) is 4.42. The van der Waals surface area contributed by atoms with Crippen LogP contribution in [0.2, 0.25) is 0 Å². The molecule has 2 aliphatic rings. The van der Waals surface area contributed by atoms with E-state index < -0.39 is 17.3 Å². The van der Waals surface area contributed by atoms with Crippen molar-refractivity contribution in [2.45, 2.75) is 18.6 Å². The van der Waals surface area contributed by atoms with Gasteiger partial charge in [-0.25, -0.2) is 0 Å².